The number of hydrogen-bond acceptors (Lipinski definition) is 6. The average Bonchev–Trinajstić information content (AvgIpc) is 2.73. The molecule has 0 aliphatic heterocycles. The normalized spacial score (nSPS) is 12.7. The molecule has 1 amide bonds. The zero-order chi connectivity index (χ0) is 23.0. The lowest BCUT2D eigenvalue weighted by Crippen LogP contribution is -2.46. The molecule has 0 aliphatic rings. The minimum Gasteiger partial charge on any atom is -0.494 e. The lowest BCUT2D eigenvalue weighted by atomic mass is 10.1. The summed E-state index contributed by atoms with van der Waals surface area (Å²) in [6, 6.07) is 12.8. The van der Waals surface area contributed by atoms with Gasteiger partial charge in [-0.1, -0.05) is 0 Å². The van der Waals surface area contributed by atoms with Gasteiger partial charge >= 0.3 is 0 Å². The van der Waals surface area contributed by atoms with Crippen LogP contribution in [0.5, 0.6) is 11.5 Å². The van der Waals surface area contributed by atoms with Gasteiger partial charge in [0.05, 0.1) is 30.9 Å². The Morgan fingerprint density at radius 2 is 1.48 bits per heavy atom. The smallest absolute Gasteiger partial charge is 0.263 e. The van der Waals surface area contributed by atoms with E-state index in [1.165, 1.54) is 6.92 Å². The highest BCUT2D eigenvalue weighted by molar-refractivity contribution is 7.92. The number of benzene rings is 2. The third-order valence-corrected chi connectivity index (χ3v) is 5.65. The number of anilines is 1. The maximum absolute atomic E-state index is 12.7. The number of carbonyl (C=O) groups is 1. The lowest BCUT2D eigenvalue weighted by Gasteiger charge is -2.27. The number of hydrogen-bond donors (Lipinski definition) is 1. The number of hydrazone groups is 1. The van der Waals surface area contributed by atoms with Crippen LogP contribution in [0.25, 0.3) is 0 Å². The molecule has 2 aromatic rings. The Morgan fingerprint density at radius 1 is 1.00 bits per heavy atom. The molecule has 31 heavy (non-hydrogen) atoms. The van der Waals surface area contributed by atoms with Gasteiger partial charge in [-0.05, 0) is 81.8 Å². The van der Waals surface area contributed by atoms with E-state index < -0.39 is 22.0 Å². The maximum atomic E-state index is 12.7. The summed E-state index contributed by atoms with van der Waals surface area (Å²) in [7, 11) is -3.72. The van der Waals surface area contributed by atoms with Gasteiger partial charge in [0.15, 0.2) is 0 Å². The quantitative estimate of drug-likeness (QED) is 0.446. The highest BCUT2D eigenvalue weighted by Crippen LogP contribution is 2.24. The van der Waals surface area contributed by atoms with E-state index in [0.717, 1.165) is 21.9 Å². The van der Waals surface area contributed by atoms with Gasteiger partial charge in [0.1, 0.15) is 17.5 Å². The van der Waals surface area contributed by atoms with E-state index in [2.05, 4.69) is 10.5 Å². The van der Waals surface area contributed by atoms with Crippen molar-refractivity contribution in [2.45, 2.75) is 33.7 Å². The standard InChI is InChI=1S/C22H29N3O5S/c1-6-29-20-12-8-18(9-13-20)16(3)23-24-22(26)17(4)25(31(5,27)28)19-10-14-21(15-11-19)30-7-2/h8-15,17H,6-7H2,1-5H3,(H,24,26)/b23-16-/t17-/m1/s1. The van der Waals surface area contributed by atoms with Crippen molar-refractivity contribution in [1.29, 1.82) is 0 Å². The highest BCUT2D eigenvalue weighted by atomic mass is 32.2. The van der Waals surface area contributed by atoms with E-state index in [1.807, 2.05) is 38.1 Å². The van der Waals surface area contributed by atoms with E-state index >= 15 is 0 Å². The van der Waals surface area contributed by atoms with Crippen molar-refractivity contribution in [2.24, 2.45) is 5.10 Å². The zero-order valence-corrected chi connectivity index (χ0v) is 19.3. The summed E-state index contributed by atoms with van der Waals surface area (Å²) in [5, 5.41) is 4.12. The largest absolute Gasteiger partial charge is 0.494 e. The summed E-state index contributed by atoms with van der Waals surface area (Å²) >= 11 is 0. The second kappa shape index (κ2) is 10.8. The Hall–Kier alpha value is -3.07. The predicted molar refractivity (Wildman–Crippen MR) is 122 cm³/mol. The van der Waals surface area contributed by atoms with Crippen LogP contribution in [0.2, 0.25) is 0 Å². The molecule has 0 fully saturated rings. The number of nitrogens with one attached hydrogen (secondary N) is 1. The first-order valence-corrected chi connectivity index (χ1v) is 11.8. The summed E-state index contributed by atoms with van der Waals surface area (Å²) in [5.74, 6) is 0.813. The Kier molecular flexibility index (Phi) is 8.44. The van der Waals surface area contributed by atoms with Crippen LogP contribution in [0.4, 0.5) is 5.69 Å². The fraction of sp³-hybridized carbons (Fsp3) is 0.364. The second-order valence-electron chi connectivity index (χ2n) is 6.79. The monoisotopic (exact) mass is 447 g/mol. The molecule has 2 rings (SSSR count). The third-order valence-electron chi connectivity index (χ3n) is 4.41. The lowest BCUT2D eigenvalue weighted by molar-refractivity contribution is -0.121. The summed E-state index contributed by atoms with van der Waals surface area (Å²) in [6.45, 7) is 8.10. The minimum atomic E-state index is -3.72. The molecule has 1 atom stereocenters. The molecule has 2 aromatic carbocycles. The molecule has 0 radical (unpaired) electrons. The summed E-state index contributed by atoms with van der Waals surface area (Å²) in [6.07, 6.45) is 1.06. The van der Waals surface area contributed by atoms with Crippen LogP contribution < -0.4 is 19.2 Å². The molecule has 0 aliphatic carbocycles. The van der Waals surface area contributed by atoms with Gasteiger partial charge in [-0.25, -0.2) is 13.8 Å². The molecule has 168 valence electrons. The van der Waals surface area contributed by atoms with Crippen molar-refractivity contribution in [2.75, 3.05) is 23.8 Å². The van der Waals surface area contributed by atoms with Crippen molar-refractivity contribution in [1.82, 2.24) is 5.43 Å². The van der Waals surface area contributed by atoms with Gasteiger partial charge in [-0.15, -0.1) is 0 Å². The third kappa shape index (κ3) is 6.71. The number of ether oxygens (including phenoxy) is 2. The van der Waals surface area contributed by atoms with Crippen LogP contribution in [-0.2, 0) is 14.8 Å². The molecular formula is C22H29N3O5S. The van der Waals surface area contributed by atoms with E-state index in [9.17, 15) is 13.2 Å². The van der Waals surface area contributed by atoms with Crippen molar-refractivity contribution in [3.05, 3.63) is 54.1 Å². The molecule has 0 saturated carbocycles. The Balaban J connectivity index is 2.16. The van der Waals surface area contributed by atoms with Crippen molar-refractivity contribution in [3.63, 3.8) is 0 Å². The first-order valence-electron chi connectivity index (χ1n) is 9.97. The minimum absolute atomic E-state index is 0.362. The summed E-state index contributed by atoms with van der Waals surface area (Å²) in [4.78, 5) is 12.7. The van der Waals surface area contributed by atoms with E-state index in [1.54, 1.807) is 31.2 Å². The van der Waals surface area contributed by atoms with Crippen LogP contribution in [-0.4, -0.2) is 45.5 Å². The van der Waals surface area contributed by atoms with Crippen LogP contribution in [0, 0.1) is 0 Å². The predicted octanol–water partition coefficient (Wildman–Crippen LogP) is 3.18. The van der Waals surface area contributed by atoms with E-state index in [4.69, 9.17) is 9.47 Å². The highest BCUT2D eigenvalue weighted by Gasteiger charge is 2.29. The van der Waals surface area contributed by atoms with Gasteiger partial charge in [0.2, 0.25) is 10.0 Å². The molecule has 9 heteroatoms. The van der Waals surface area contributed by atoms with Crippen LogP contribution in [0.15, 0.2) is 53.6 Å². The van der Waals surface area contributed by atoms with Gasteiger partial charge in [-0.2, -0.15) is 5.10 Å². The Morgan fingerprint density at radius 3 is 1.94 bits per heavy atom. The number of carbonyl (C=O) groups excluding carboxylic acids is 1. The van der Waals surface area contributed by atoms with Crippen LogP contribution in [0.1, 0.15) is 33.3 Å². The molecule has 0 saturated heterocycles. The van der Waals surface area contributed by atoms with Gasteiger partial charge in [0, 0.05) is 0 Å². The van der Waals surface area contributed by atoms with Gasteiger partial charge < -0.3 is 9.47 Å². The summed E-state index contributed by atoms with van der Waals surface area (Å²) < 4.78 is 36.7. The maximum Gasteiger partial charge on any atom is 0.263 e. The van der Waals surface area contributed by atoms with Crippen LogP contribution >= 0.6 is 0 Å². The Labute approximate surface area is 183 Å². The zero-order valence-electron chi connectivity index (χ0n) is 18.5. The number of amides is 1. The molecular weight excluding hydrogens is 418 g/mol. The van der Waals surface area contributed by atoms with Gasteiger partial charge in [0.25, 0.3) is 5.91 Å². The fourth-order valence-electron chi connectivity index (χ4n) is 2.92. The van der Waals surface area contributed by atoms with Crippen molar-refractivity contribution < 1.29 is 22.7 Å². The number of rotatable bonds is 10. The first-order chi connectivity index (χ1) is 14.7. The molecule has 1 N–H and O–H groups in total. The molecule has 0 spiro atoms. The van der Waals surface area contributed by atoms with E-state index in [0.29, 0.717) is 30.4 Å². The average molecular weight is 448 g/mol. The fourth-order valence-corrected chi connectivity index (χ4v) is 4.10. The molecule has 0 heterocycles. The SMILES string of the molecule is CCOc1ccc(/C(C)=N\NC(=O)[C@@H](C)N(c2ccc(OCC)cc2)S(C)(=O)=O)cc1. The first kappa shape index (κ1) is 24.2. The molecule has 0 unspecified atom stereocenters. The van der Waals surface area contributed by atoms with Crippen molar-refractivity contribution >= 4 is 27.3 Å². The number of sulfonamides is 1. The molecule has 0 aromatic heterocycles. The Bertz CT molecular complexity index is 1000. The van der Waals surface area contributed by atoms with E-state index in [-0.39, 0.29) is 0 Å². The second-order valence-corrected chi connectivity index (χ2v) is 8.65. The van der Waals surface area contributed by atoms with Crippen molar-refractivity contribution in [3.8, 4) is 11.5 Å². The van der Waals surface area contributed by atoms with Crippen LogP contribution in [0.3, 0.4) is 0 Å². The summed E-state index contributed by atoms with van der Waals surface area (Å²) in [5.41, 5.74) is 4.21. The topological polar surface area (TPSA) is 97.3 Å². The molecule has 0 bridgehead atoms. The number of nitrogens with zero attached hydrogens (tertiary/aromatic N) is 2. The van der Waals surface area contributed by atoms with Gasteiger partial charge in [-0.3, -0.25) is 9.10 Å². The molecule has 8 nitrogen and oxygen atoms in total.